The van der Waals surface area contributed by atoms with Crippen molar-refractivity contribution in [2.75, 3.05) is 20.3 Å². The van der Waals surface area contributed by atoms with E-state index in [4.69, 9.17) is 4.74 Å². The molecule has 16 heavy (non-hydrogen) atoms. The molecule has 0 radical (unpaired) electrons. The van der Waals surface area contributed by atoms with E-state index in [9.17, 15) is 9.59 Å². The third-order valence-electron chi connectivity index (χ3n) is 1.84. The predicted molar refractivity (Wildman–Crippen MR) is 59.9 cm³/mol. The Morgan fingerprint density at radius 2 is 2.19 bits per heavy atom. The standard InChI is InChI=1S/C11H19NO4/c1-4-5-6-7-16-8-10(11(14)15-3)12-9(2)13/h4,10H,1,5-8H2,2-3H3,(H,12,13). The molecule has 0 aromatic rings. The van der Waals surface area contributed by atoms with Gasteiger partial charge in [-0.3, -0.25) is 4.79 Å². The molecule has 0 bridgehead atoms. The minimum absolute atomic E-state index is 0.128. The Kier molecular flexibility index (Phi) is 8.15. The minimum Gasteiger partial charge on any atom is -0.467 e. The average molecular weight is 229 g/mol. The Hall–Kier alpha value is -1.36. The minimum atomic E-state index is -0.730. The summed E-state index contributed by atoms with van der Waals surface area (Å²) in [5.74, 6) is -0.788. The van der Waals surface area contributed by atoms with Crippen molar-refractivity contribution in [3.05, 3.63) is 12.7 Å². The topological polar surface area (TPSA) is 64.6 Å². The predicted octanol–water partition coefficient (Wildman–Crippen LogP) is 0.647. The van der Waals surface area contributed by atoms with Gasteiger partial charge < -0.3 is 14.8 Å². The fourth-order valence-corrected chi connectivity index (χ4v) is 1.09. The SMILES string of the molecule is C=CCCCOCC(NC(C)=O)C(=O)OC. The molecule has 1 N–H and O–H groups in total. The number of unbranched alkanes of at least 4 members (excludes halogenated alkanes) is 1. The fourth-order valence-electron chi connectivity index (χ4n) is 1.09. The van der Waals surface area contributed by atoms with Gasteiger partial charge in [-0.25, -0.2) is 4.79 Å². The van der Waals surface area contributed by atoms with Crippen LogP contribution in [0.1, 0.15) is 19.8 Å². The zero-order valence-electron chi connectivity index (χ0n) is 9.82. The van der Waals surface area contributed by atoms with Gasteiger partial charge in [0.05, 0.1) is 13.7 Å². The van der Waals surface area contributed by atoms with Gasteiger partial charge in [-0.15, -0.1) is 6.58 Å². The zero-order valence-corrected chi connectivity index (χ0v) is 9.82. The number of esters is 1. The van der Waals surface area contributed by atoms with Crippen molar-refractivity contribution in [3.63, 3.8) is 0 Å². The van der Waals surface area contributed by atoms with Crippen LogP contribution in [0.5, 0.6) is 0 Å². The van der Waals surface area contributed by atoms with Gasteiger partial charge in [-0.05, 0) is 12.8 Å². The van der Waals surface area contributed by atoms with Crippen LogP contribution < -0.4 is 5.32 Å². The Balaban J connectivity index is 3.87. The number of hydrogen-bond donors (Lipinski definition) is 1. The van der Waals surface area contributed by atoms with Gasteiger partial charge in [-0.1, -0.05) is 6.08 Å². The Morgan fingerprint density at radius 1 is 1.50 bits per heavy atom. The summed E-state index contributed by atoms with van der Waals surface area (Å²) in [5.41, 5.74) is 0. The number of nitrogens with one attached hydrogen (secondary N) is 1. The van der Waals surface area contributed by atoms with E-state index in [1.165, 1.54) is 14.0 Å². The summed E-state index contributed by atoms with van der Waals surface area (Å²) in [6.45, 7) is 5.58. The molecule has 0 heterocycles. The van der Waals surface area contributed by atoms with Crippen molar-refractivity contribution < 1.29 is 19.1 Å². The average Bonchev–Trinajstić information content (AvgIpc) is 2.25. The van der Waals surface area contributed by atoms with E-state index < -0.39 is 12.0 Å². The van der Waals surface area contributed by atoms with Crippen LogP contribution >= 0.6 is 0 Å². The number of ether oxygens (including phenoxy) is 2. The van der Waals surface area contributed by atoms with Gasteiger partial charge in [0.25, 0.3) is 0 Å². The molecule has 0 aliphatic heterocycles. The van der Waals surface area contributed by atoms with Crippen molar-refractivity contribution >= 4 is 11.9 Å². The Bertz CT molecular complexity index is 240. The lowest BCUT2D eigenvalue weighted by Crippen LogP contribution is -2.43. The van der Waals surface area contributed by atoms with Crippen LogP contribution in [0.25, 0.3) is 0 Å². The monoisotopic (exact) mass is 229 g/mol. The number of hydrogen-bond acceptors (Lipinski definition) is 4. The van der Waals surface area contributed by atoms with E-state index >= 15 is 0 Å². The number of carbonyl (C=O) groups excluding carboxylic acids is 2. The maximum atomic E-state index is 11.2. The van der Waals surface area contributed by atoms with Crippen LogP contribution in [-0.2, 0) is 19.1 Å². The summed E-state index contributed by atoms with van der Waals surface area (Å²) in [6.07, 6.45) is 3.51. The maximum absolute atomic E-state index is 11.2. The molecule has 92 valence electrons. The third-order valence-corrected chi connectivity index (χ3v) is 1.84. The number of methoxy groups -OCH3 is 1. The van der Waals surface area contributed by atoms with Crippen LogP contribution in [0.2, 0.25) is 0 Å². The van der Waals surface area contributed by atoms with Gasteiger partial charge in [0.2, 0.25) is 5.91 Å². The van der Waals surface area contributed by atoms with E-state index in [-0.39, 0.29) is 12.5 Å². The number of carbonyl (C=O) groups is 2. The van der Waals surface area contributed by atoms with E-state index in [2.05, 4.69) is 16.6 Å². The molecule has 1 atom stereocenters. The second kappa shape index (κ2) is 8.91. The molecular weight excluding hydrogens is 210 g/mol. The normalized spacial score (nSPS) is 11.6. The van der Waals surface area contributed by atoms with Crippen LogP contribution in [0, 0.1) is 0 Å². The molecule has 0 aliphatic carbocycles. The highest BCUT2D eigenvalue weighted by atomic mass is 16.5. The molecule has 0 saturated carbocycles. The molecule has 5 nitrogen and oxygen atoms in total. The van der Waals surface area contributed by atoms with Crippen molar-refractivity contribution in [3.8, 4) is 0 Å². The van der Waals surface area contributed by atoms with Crippen LogP contribution in [0.4, 0.5) is 0 Å². The molecule has 0 saturated heterocycles. The quantitative estimate of drug-likeness (QED) is 0.377. The summed E-state index contributed by atoms with van der Waals surface area (Å²) in [7, 11) is 1.27. The largest absolute Gasteiger partial charge is 0.467 e. The fraction of sp³-hybridized carbons (Fsp3) is 0.636. The number of rotatable bonds is 8. The van der Waals surface area contributed by atoms with Gasteiger partial charge in [0.1, 0.15) is 0 Å². The molecule has 0 fully saturated rings. The van der Waals surface area contributed by atoms with Gasteiger partial charge in [0, 0.05) is 13.5 Å². The van der Waals surface area contributed by atoms with Crippen molar-refractivity contribution in [2.45, 2.75) is 25.8 Å². The van der Waals surface area contributed by atoms with Crippen molar-refractivity contribution in [1.29, 1.82) is 0 Å². The van der Waals surface area contributed by atoms with Crippen LogP contribution in [0.15, 0.2) is 12.7 Å². The summed E-state index contributed by atoms with van der Waals surface area (Å²) in [4.78, 5) is 22.1. The molecule has 1 unspecified atom stereocenters. The Morgan fingerprint density at radius 3 is 2.69 bits per heavy atom. The molecule has 0 spiro atoms. The summed E-state index contributed by atoms with van der Waals surface area (Å²) >= 11 is 0. The molecular formula is C11H19NO4. The lowest BCUT2D eigenvalue weighted by Gasteiger charge is -2.15. The van der Waals surface area contributed by atoms with Crippen molar-refractivity contribution in [1.82, 2.24) is 5.32 Å². The highest BCUT2D eigenvalue weighted by molar-refractivity contribution is 5.83. The third kappa shape index (κ3) is 7.00. The summed E-state index contributed by atoms with van der Waals surface area (Å²) in [6, 6.07) is -0.730. The number of allylic oxidation sites excluding steroid dienone is 1. The number of amides is 1. The van der Waals surface area contributed by atoms with E-state index in [0.717, 1.165) is 12.8 Å². The zero-order chi connectivity index (χ0) is 12.4. The van der Waals surface area contributed by atoms with E-state index in [1.807, 2.05) is 0 Å². The van der Waals surface area contributed by atoms with Crippen LogP contribution in [0.3, 0.4) is 0 Å². The van der Waals surface area contributed by atoms with Gasteiger partial charge in [0.15, 0.2) is 6.04 Å². The molecule has 5 heteroatoms. The molecule has 0 aromatic carbocycles. The first-order chi connectivity index (χ1) is 7.61. The van der Waals surface area contributed by atoms with E-state index in [0.29, 0.717) is 6.61 Å². The highest BCUT2D eigenvalue weighted by Gasteiger charge is 2.19. The van der Waals surface area contributed by atoms with E-state index in [1.54, 1.807) is 6.08 Å². The lowest BCUT2D eigenvalue weighted by atomic mass is 10.3. The first-order valence-electron chi connectivity index (χ1n) is 5.15. The van der Waals surface area contributed by atoms with Crippen molar-refractivity contribution in [2.24, 2.45) is 0 Å². The maximum Gasteiger partial charge on any atom is 0.330 e. The molecule has 0 aromatic heterocycles. The highest BCUT2D eigenvalue weighted by Crippen LogP contribution is 1.94. The lowest BCUT2D eigenvalue weighted by molar-refractivity contribution is -0.146. The molecule has 0 rings (SSSR count). The summed E-state index contributed by atoms with van der Waals surface area (Å²) in [5, 5.41) is 2.46. The summed E-state index contributed by atoms with van der Waals surface area (Å²) < 4.78 is 9.80. The smallest absolute Gasteiger partial charge is 0.330 e. The first kappa shape index (κ1) is 14.6. The van der Waals surface area contributed by atoms with Gasteiger partial charge >= 0.3 is 5.97 Å². The Labute approximate surface area is 95.8 Å². The first-order valence-corrected chi connectivity index (χ1v) is 5.15. The van der Waals surface area contributed by atoms with Crippen LogP contribution in [-0.4, -0.2) is 38.2 Å². The second-order valence-corrected chi connectivity index (χ2v) is 3.28. The molecule has 1 amide bonds. The van der Waals surface area contributed by atoms with Gasteiger partial charge in [-0.2, -0.15) is 0 Å². The second-order valence-electron chi connectivity index (χ2n) is 3.28. The molecule has 0 aliphatic rings.